The number of carbonyl (C=O) groups excluding carboxylic acids is 1. The van der Waals surface area contributed by atoms with Gasteiger partial charge in [-0.05, 0) is 101 Å². The van der Waals surface area contributed by atoms with Crippen LogP contribution in [0.25, 0.3) is 10.2 Å². The molecule has 0 saturated heterocycles. The molecule has 218 valence electrons. The number of aryl methyl sites for hydroxylation is 1. The first-order valence-corrected chi connectivity index (χ1v) is 15.2. The highest BCUT2D eigenvalue weighted by Crippen LogP contribution is 2.36. The molecular formula is C30H39BrN2O6S. The van der Waals surface area contributed by atoms with E-state index < -0.39 is 40.1 Å². The molecule has 3 aromatic rings. The molecular weight excluding hydrogens is 596 g/mol. The van der Waals surface area contributed by atoms with Crippen molar-refractivity contribution in [2.24, 2.45) is 0 Å². The Kier molecular flexibility index (Phi) is 8.58. The summed E-state index contributed by atoms with van der Waals surface area (Å²) in [7, 11) is 0. The van der Waals surface area contributed by atoms with E-state index in [0.717, 1.165) is 13.9 Å². The highest BCUT2D eigenvalue weighted by Gasteiger charge is 2.39. The minimum absolute atomic E-state index is 0.0856. The number of rotatable bonds is 7. The second-order valence-corrected chi connectivity index (χ2v) is 14.8. The van der Waals surface area contributed by atoms with Gasteiger partial charge in [0.2, 0.25) is 0 Å². The van der Waals surface area contributed by atoms with Gasteiger partial charge in [0.05, 0.1) is 27.4 Å². The Hall–Kier alpha value is -2.27. The van der Waals surface area contributed by atoms with Crippen molar-refractivity contribution in [3.8, 4) is 0 Å². The summed E-state index contributed by atoms with van der Waals surface area (Å²) in [5, 5.41) is 10.8. The van der Waals surface area contributed by atoms with Gasteiger partial charge < -0.3 is 14.6 Å². The number of fused-ring (bicyclic) bond motifs is 1. The Morgan fingerprint density at radius 3 is 2.33 bits per heavy atom. The van der Waals surface area contributed by atoms with Gasteiger partial charge >= 0.3 is 11.7 Å². The Morgan fingerprint density at radius 1 is 1.15 bits per heavy atom. The number of benzene rings is 1. The van der Waals surface area contributed by atoms with Crippen molar-refractivity contribution in [1.82, 2.24) is 9.13 Å². The summed E-state index contributed by atoms with van der Waals surface area (Å²) >= 11 is 4.87. The topological polar surface area (TPSA) is 99.8 Å². The van der Waals surface area contributed by atoms with Crippen LogP contribution in [0.3, 0.4) is 0 Å². The van der Waals surface area contributed by atoms with Gasteiger partial charge in [0.15, 0.2) is 0 Å². The summed E-state index contributed by atoms with van der Waals surface area (Å²) in [5.41, 5.74) is -2.57. The number of esters is 1. The molecule has 4 rings (SSSR count). The summed E-state index contributed by atoms with van der Waals surface area (Å²) in [5.74, 6) is -0.665. The van der Waals surface area contributed by atoms with Crippen LogP contribution in [-0.2, 0) is 26.4 Å². The third-order valence-electron chi connectivity index (χ3n) is 7.50. The number of carbonyl (C=O) groups is 1. The van der Waals surface area contributed by atoms with Gasteiger partial charge in [-0.15, -0.1) is 11.3 Å². The van der Waals surface area contributed by atoms with Crippen LogP contribution in [0, 0.1) is 6.92 Å². The molecule has 0 aliphatic heterocycles. The van der Waals surface area contributed by atoms with Gasteiger partial charge in [-0.2, -0.15) is 0 Å². The number of hydrogen-bond donors (Lipinski definition) is 1. The lowest BCUT2D eigenvalue weighted by atomic mass is 9.85. The van der Waals surface area contributed by atoms with E-state index in [4.69, 9.17) is 9.47 Å². The smallest absolute Gasteiger partial charge is 0.333 e. The van der Waals surface area contributed by atoms with Crippen LogP contribution in [0.2, 0.25) is 0 Å². The van der Waals surface area contributed by atoms with Crippen LogP contribution >= 0.6 is 27.3 Å². The largest absolute Gasteiger partial charge is 0.458 e. The third kappa shape index (κ3) is 6.30. The summed E-state index contributed by atoms with van der Waals surface area (Å²) in [6.45, 7) is 12.1. The number of aromatic nitrogens is 2. The molecule has 8 nitrogen and oxygen atoms in total. The van der Waals surface area contributed by atoms with Crippen LogP contribution in [0.15, 0.2) is 43.7 Å². The highest BCUT2D eigenvalue weighted by molar-refractivity contribution is 9.11. The minimum atomic E-state index is -1.56. The van der Waals surface area contributed by atoms with Crippen molar-refractivity contribution in [2.75, 3.05) is 0 Å². The van der Waals surface area contributed by atoms with Crippen LogP contribution in [0.5, 0.6) is 0 Å². The van der Waals surface area contributed by atoms with Crippen molar-refractivity contribution >= 4 is 43.5 Å². The molecule has 1 fully saturated rings. The zero-order valence-corrected chi connectivity index (χ0v) is 26.6. The van der Waals surface area contributed by atoms with Gasteiger partial charge in [0.25, 0.3) is 5.56 Å². The van der Waals surface area contributed by atoms with Crippen LogP contribution in [-0.4, -0.2) is 37.5 Å². The molecule has 10 heteroatoms. The molecule has 0 spiro atoms. The number of thiophene rings is 1. The Morgan fingerprint density at radius 2 is 1.75 bits per heavy atom. The van der Waals surface area contributed by atoms with Crippen LogP contribution < -0.4 is 11.2 Å². The maximum Gasteiger partial charge on any atom is 0.333 e. The zero-order chi connectivity index (χ0) is 29.6. The SMILES string of the molecule is Cc1c(Br)sc2c1c(=O)n(C(C)(C)C(=O)OC(C)(C)C)c(=O)n2CC(O[C@H]1CC[C@](C)(O)CC1)c1ccccc1. The maximum atomic E-state index is 14.2. The molecule has 0 radical (unpaired) electrons. The molecule has 2 aromatic heterocycles. The van der Waals surface area contributed by atoms with E-state index in [1.807, 2.05) is 44.2 Å². The minimum Gasteiger partial charge on any atom is -0.458 e. The molecule has 0 amide bonds. The van der Waals surface area contributed by atoms with Crippen molar-refractivity contribution in [2.45, 2.75) is 110 Å². The lowest BCUT2D eigenvalue weighted by Crippen LogP contribution is -2.54. The average molecular weight is 636 g/mol. The second kappa shape index (κ2) is 11.2. The standard InChI is InChI=1S/C30H39BrN2O6S/c1-18-22-24(34)33(29(5,6)26(35)39-28(2,3)4)27(36)32(25(22)40-23(18)31)17-21(19-11-9-8-10-12-19)38-20-13-15-30(7,37)16-14-20/h8-12,20-21,37H,13-17H2,1-7H3/t20-,21?,30-. The van der Waals surface area contributed by atoms with E-state index in [9.17, 15) is 19.5 Å². The van der Waals surface area contributed by atoms with Gasteiger partial charge in [-0.1, -0.05) is 30.3 Å². The molecule has 1 N–H and O–H groups in total. The Bertz CT molecular complexity index is 1500. The fourth-order valence-electron chi connectivity index (χ4n) is 5.11. The van der Waals surface area contributed by atoms with Gasteiger partial charge in [0, 0.05) is 0 Å². The molecule has 1 aliphatic carbocycles. The van der Waals surface area contributed by atoms with E-state index in [1.54, 1.807) is 25.3 Å². The summed E-state index contributed by atoms with van der Waals surface area (Å²) in [4.78, 5) is 41.9. The van der Waals surface area contributed by atoms with E-state index in [-0.39, 0.29) is 12.6 Å². The number of ether oxygens (including phenoxy) is 2. The average Bonchev–Trinajstić information content (AvgIpc) is 3.15. The first-order chi connectivity index (χ1) is 18.5. The Labute approximate surface area is 247 Å². The predicted octanol–water partition coefficient (Wildman–Crippen LogP) is 5.82. The molecule has 40 heavy (non-hydrogen) atoms. The maximum absolute atomic E-state index is 14.2. The van der Waals surface area contributed by atoms with E-state index in [0.29, 0.717) is 41.5 Å². The summed E-state index contributed by atoms with van der Waals surface area (Å²) < 4.78 is 15.6. The molecule has 1 aliphatic rings. The monoisotopic (exact) mass is 634 g/mol. The second-order valence-electron chi connectivity index (χ2n) is 12.5. The number of aliphatic hydroxyl groups is 1. The zero-order valence-electron chi connectivity index (χ0n) is 24.2. The van der Waals surface area contributed by atoms with Gasteiger partial charge in [0.1, 0.15) is 22.1 Å². The first kappa shape index (κ1) is 30.7. The van der Waals surface area contributed by atoms with Crippen molar-refractivity contribution in [3.63, 3.8) is 0 Å². The van der Waals surface area contributed by atoms with Crippen molar-refractivity contribution in [1.29, 1.82) is 0 Å². The van der Waals surface area contributed by atoms with Crippen LogP contribution in [0.1, 0.15) is 84.5 Å². The van der Waals surface area contributed by atoms with Crippen molar-refractivity contribution in [3.05, 3.63) is 66.1 Å². The molecule has 1 saturated carbocycles. The highest BCUT2D eigenvalue weighted by atomic mass is 79.9. The number of nitrogens with zero attached hydrogens (tertiary/aromatic N) is 2. The third-order valence-corrected chi connectivity index (χ3v) is 9.68. The molecule has 1 unspecified atom stereocenters. The lowest BCUT2D eigenvalue weighted by Gasteiger charge is -2.35. The predicted molar refractivity (Wildman–Crippen MR) is 161 cm³/mol. The first-order valence-electron chi connectivity index (χ1n) is 13.6. The molecule has 1 atom stereocenters. The van der Waals surface area contributed by atoms with Gasteiger partial charge in [-0.3, -0.25) is 9.36 Å². The molecule has 2 heterocycles. The number of halogens is 1. The van der Waals surface area contributed by atoms with E-state index in [1.165, 1.54) is 25.2 Å². The molecule has 1 aromatic carbocycles. The summed E-state index contributed by atoms with van der Waals surface area (Å²) in [6, 6.07) is 9.69. The van der Waals surface area contributed by atoms with E-state index in [2.05, 4.69) is 15.9 Å². The number of hydrogen-bond acceptors (Lipinski definition) is 7. The lowest BCUT2D eigenvalue weighted by molar-refractivity contribution is -0.164. The van der Waals surface area contributed by atoms with Crippen molar-refractivity contribution < 1.29 is 19.4 Å². The van der Waals surface area contributed by atoms with Crippen LogP contribution in [0.4, 0.5) is 0 Å². The fourth-order valence-corrected chi connectivity index (χ4v) is 6.80. The molecule has 0 bridgehead atoms. The fraction of sp³-hybridized carbons (Fsp3) is 0.567. The van der Waals surface area contributed by atoms with E-state index >= 15 is 0 Å². The summed E-state index contributed by atoms with van der Waals surface area (Å²) in [6.07, 6.45) is 2.10. The normalized spacial score (nSPS) is 21.0. The quantitative estimate of drug-likeness (QED) is 0.329. The van der Waals surface area contributed by atoms with Gasteiger partial charge in [-0.25, -0.2) is 14.2 Å². The Balaban J connectivity index is 1.86.